The number of benzene rings is 1. The molecule has 1 aromatic heterocycles. The highest BCUT2D eigenvalue weighted by atomic mass is 32.2. The summed E-state index contributed by atoms with van der Waals surface area (Å²) in [4.78, 5) is 28.6. The van der Waals surface area contributed by atoms with Gasteiger partial charge in [-0.15, -0.1) is 0 Å². The third-order valence-corrected chi connectivity index (χ3v) is 5.35. The maximum absolute atomic E-state index is 12.3. The number of hydrogen-bond acceptors (Lipinski definition) is 6. The molecule has 1 aliphatic rings. The van der Waals surface area contributed by atoms with Crippen LogP contribution in [0.4, 0.5) is 5.69 Å². The van der Waals surface area contributed by atoms with Gasteiger partial charge in [0.15, 0.2) is 11.5 Å². The molecular formula is C19H21N3O4S. The first-order valence-corrected chi connectivity index (χ1v) is 9.45. The van der Waals surface area contributed by atoms with Crippen molar-refractivity contribution in [3.05, 3.63) is 40.6 Å². The van der Waals surface area contributed by atoms with Gasteiger partial charge < -0.3 is 20.5 Å². The number of amides is 2. The Morgan fingerprint density at radius 3 is 2.56 bits per heavy atom. The van der Waals surface area contributed by atoms with Crippen molar-refractivity contribution in [3.8, 4) is 11.5 Å². The first-order chi connectivity index (χ1) is 12.9. The van der Waals surface area contributed by atoms with Crippen molar-refractivity contribution < 1.29 is 19.1 Å². The van der Waals surface area contributed by atoms with E-state index in [0.717, 1.165) is 16.8 Å². The summed E-state index contributed by atoms with van der Waals surface area (Å²) in [5, 5.41) is 3.28. The van der Waals surface area contributed by atoms with Crippen molar-refractivity contribution in [2.24, 2.45) is 5.73 Å². The van der Waals surface area contributed by atoms with E-state index < -0.39 is 5.91 Å². The molecule has 0 saturated heterocycles. The third kappa shape index (κ3) is 4.16. The van der Waals surface area contributed by atoms with Crippen LogP contribution in [0.2, 0.25) is 0 Å². The summed E-state index contributed by atoms with van der Waals surface area (Å²) in [5.41, 5.74) is 9.03. The molecule has 0 saturated carbocycles. The van der Waals surface area contributed by atoms with Gasteiger partial charge in [0, 0.05) is 17.4 Å². The molecule has 1 aliphatic heterocycles. The molecule has 142 valence electrons. The number of nitrogens with zero attached hydrogens (tertiary/aromatic N) is 1. The van der Waals surface area contributed by atoms with E-state index in [0.29, 0.717) is 41.0 Å². The lowest BCUT2D eigenvalue weighted by Gasteiger charge is -2.19. The summed E-state index contributed by atoms with van der Waals surface area (Å²) >= 11 is 1.19. The van der Waals surface area contributed by atoms with Crippen LogP contribution >= 0.6 is 11.8 Å². The van der Waals surface area contributed by atoms with Crippen LogP contribution in [0, 0.1) is 20.8 Å². The van der Waals surface area contributed by atoms with Gasteiger partial charge in [-0.1, -0.05) is 11.8 Å². The predicted octanol–water partition coefficient (Wildman–Crippen LogP) is 2.61. The van der Waals surface area contributed by atoms with Gasteiger partial charge in [-0.05, 0) is 44.0 Å². The summed E-state index contributed by atoms with van der Waals surface area (Å²) in [6.07, 6.45) is 0. The Balaban J connectivity index is 1.70. The molecule has 0 aliphatic carbocycles. The number of rotatable bonds is 5. The summed E-state index contributed by atoms with van der Waals surface area (Å²) in [5.74, 6) is 0.607. The standard InChI is InChI=1S/C19H21N3O4S/c1-10-11(2)17(18(20)24)19(21-12(10)3)27-9-16(23)22-13-4-5-14-15(8-13)26-7-6-25-14/h4-5,8H,6-7,9H2,1-3H3,(H2,20,24)(H,22,23). The van der Waals surface area contributed by atoms with Crippen molar-refractivity contribution in [2.45, 2.75) is 25.8 Å². The second kappa shape index (κ2) is 7.87. The summed E-state index contributed by atoms with van der Waals surface area (Å²) in [6, 6.07) is 5.24. The number of thioether (sulfide) groups is 1. The molecule has 0 atom stereocenters. The number of ether oxygens (including phenoxy) is 2. The number of nitrogens with two attached hydrogens (primary N) is 1. The second-order valence-electron chi connectivity index (χ2n) is 6.19. The van der Waals surface area contributed by atoms with Gasteiger partial charge in [-0.3, -0.25) is 9.59 Å². The third-order valence-electron chi connectivity index (χ3n) is 4.38. The summed E-state index contributed by atoms with van der Waals surface area (Å²) < 4.78 is 11.0. The van der Waals surface area contributed by atoms with Crippen LogP contribution in [0.3, 0.4) is 0 Å². The lowest BCUT2D eigenvalue weighted by molar-refractivity contribution is -0.113. The Kier molecular flexibility index (Phi) is 5.55. The zero-order valence-electron chi connectivity index (χ0n) is 15.4. The van der Waals surface area contributed by atoms with E-state index in [9.17, 15) is 9.59 Å². The van der Waals surface area contributed by atoms with Gasteiger partial charge >= 0.3 is 0 Å². The van der Waals surface area contributed by atoms with Gasteiger partial charge in [-0.2, -0.15) is 0 Å². The van der Waals surface area contributed by atoms with Crippen LogP contribution in [0.15, 0.2) is 23.2 Å². The molecule has 1 aromatic carbocycles. The normalized spacial score (nSPS) is 12.6. The number of carbonyl (C=O) groups is 2. The van der Waals surface area contributed by atoms with Crippen molar-refractivity contribution in [3.63, 3.8) is 0 Å². The van der Waals surface area contributed by atoms with Gasteiger partial charge in [-0.25, -0.2) is 4.98 Å². The summed E-state index contributed by atoms with van der Waals surface area (Å²) in [7, 11) is 0. The fraction of sp³-hybridized carbons (Fsp3) is 0.316. The Morgan fingerprint density at radius 2 is 1.85 bits per heavy atom. The molecule has 0 radical (unpaired) electrons. The average Bonchev–Trinajstić information content (AvgIpc) is 2.64. The maximum atomic E-state index is 12.3. The van der Waals surface area contributed by atoms with Gasteiger partial charge in [0.1, 0.15) is 18.2 Å². The molecule has 8 heteroatoms. The van der Waals surface area contributed by atoms with Crippen molar-refractivity contribution in [2.75, 3.05) is 24.3 Å². The quantitative estimate of drug-likeness (QED) is 0.765. The monoisotopic (exact) mass is 387 g/mol. The van der Waals surface area contributed by atoms with E-state index in [1.807, 2.05) is 20.8 Å². The van der Waals surface area contributed by atoms with Gasteiger partial charge in [0.25, 0.3) is 5.91 Å². The van der Waals surface area contributed by atoms with E-state index in [4.69, 9.17) is 15.2 Å². The Morgan fingerprint density at radius 1 is 1.15 bits per heavy atom. The number of anilines is 1. The zero-order valence-corrected chi connectivity index (χ0v) is 16.2. The number of hydrogen-bond donors (Lipinski definition) is 2. The van der Waals surface area contributed by atoms with Crippen molar-refractivity contribution in [1.82, 2.24) is 4.98 Å². The molecule has 0 fully saturated rings. The fourth-order valence-corrected chi connectivity index (χ4v) is 3.70. The number of aromatic nitrogens is 1. The maximum Gasteiger partial charge on any atom is 0.251 e. The number of carbonyl (C=O) groups excluding carboxylic acids is 2. The lowest BCUT2D eigenvalue weighted by atomic mass is 10.0. The fourth-order valence-electron chi connectivity index (χ4n) is 2.76. The first kappa shape index (κ1) is 19.0. The second-order valence-corrected chi connectivity index (χ2v) is 7.15. The number of fused-ring (bicyclic) bond motifs is 1. The summed E-state index contributed by atoms with van der Waals surface area (Å²) in [6.45, 7) is 6.59. The molecule has 0 bridgehead atoms. The molecule has 0 spiro atoms. The van der Waals surface area contributed by atoms with E-state index in [1.54, 1.807) is 18.2 Å². The van der Waals surface area contributed by atoms with Crippen LogP contribution in [-0.2, 0) is 4.79 Å². The van der Waals surface area contributed by atoms with E-state index in [1.165, 1.54) is 11.8 Å². The van der Waals surface area contributed by atoms with Crippen LogP contribution in [-0.4, -0.2) is 35.8 Å². The number of aryl methyl sites for hydroxylation is 1. The largest absolute Gasteiger partial charge is 0.486 e. The molecule has 2 heterocycles. The molecule has 2 aromatic rings. The highest BCUT2D eigenvalue weighted by Crippen LogP contribution is 2.33. The minimum absolute atomic E-state index is 0.101. The molecule has 0 unspecified atom stereocenters. The Hall–Kier alpha value is -2.74. The number of pyridine rings is 1. The molecule has 3 rings (SSSR count). The Bertz CT molecular complexity index is 914. The van der Waals surface area contributed by atoms with Crippen LogP contribution in [0.5, 0.6) is 11.5 Å². The SMILES string of the molecule is Cc1nc(SCC(=O)Nc2ccc3c(c2)OCCO3)c(C(N)=O)c(C)c1C. The van der Waals surface area contributed by atoms with Crippen molar-refractivity contribution in [1.29, 1.82) is 0 Å². The van der Waals surface area contributed by atoms with Gasteiger partial charge in [0.05, 0.1) is 11.3 Å². The zero-order chi connectivity index (χ0) is 19.6. The van der Waals surface area contributed by atoms with E-state index >= 15 is 0 Å². The molecule has 7 nitrogen and oxygen atoms in total. The lowest BCUT2D eigenvalue weighted by Crippen LogP contribution is -2.19. The predicted molar refractivity (Wildman–Crippen MR) is 104 cm³/mol. The first-order valence-electron chi connectivity index (χ1n) is 8.46. The molecule has 27 heavy (non-hydrogen) atoms. The number of primary amides is 1. The van der Waals surface area contributed by atoms with Crippen LogP contribution in [0.25, 0.3) is 0 Å². The highest BCUT2D eigenvalue weighted by Gasteiger charge is 2.19. The number of nitrogens with one attached hydrogen (secondary N) is 1. The molecule has 3 N–H and O–H groups in total. The van der Waals surface area contributed by atoms with Crippen LogP contribution < -0.4 is 20.5 Å². The smallest absolute Gasteiger partial charge is 0.251 e. The van der Waals surface area contributed by atoms with E-state index in [2.05, 4.69) is 10.3 Å². The van der Waals surface area contributed by atoms with Gasteiger partial charge in [0.2, 0.25) is 5.91 Å². The average molecular weight is 387 g/mol. The minimum Gasteiger partial charge on any atom is -0.486 e. The molecule has 2 amide bonds. The Labute approximate surface area is 161 Å². The van der Waals surface area contributed by atoms with Crippen molar-refractivity contribution >= 4 is 29.3 Å². The molecular weight excluding hydrogens is 366 g/mol. The highest BCUT2D eigenvalue weighted by molar-refractivity contribution is 8.00. The minimum atomic E-state index is -0.544. The topological polar surface area (TPSA) is 104 Å². The van der Waals surface area contributed by atoms with Crippen LogP contribution in [0.1, 0.15) is 27.2 Å². The van der Waals surface area contributed by atoms with E-state index in [-0.39, 0.29) is 11.7 Å².